The van der Waals surface area contributed by atoms with Gasteiger partial charge in [-0.3, -0.25) is 10.1 Å². The van der Waals surface area contributed by atoms with Crippen molar-refractivity contribution >= 4 is 23.5 Å². The number of amides is 1. The van der Waals surface area contributed by atoms with Crippen LogP contribution in [0.25, 0.3) is 0 Å². The Kier molecular flexibility index (Phi) is 4.01. The molecule has 106 valence electrons. The molecule has 1 atom stereocenters. The lowest BCUT2D eigenvalue weighted by atomic mass is 10.1. The molecule has 2 N–H and O–H groups in total. The maximum Gasteiger partial charge on any atom is 0.260 e. The van der Waals surface area contributed by atoms with E-state index in [9.17, 15) is 14.3 Å². The third-order valence-corrected chi connectivity index (χ3v) is 3.07. The zero-order valence-corrected chi connectivity index (χ0v) is 11.5. The van der Waals surface area contributed by atoms with Crippen LogP contribution in [-0.4, -0.2) is 25.8 Å². The molecule has 0 radical (unpaired) electrons. The summed E-state index contributed by atoms with van der Waals surface area (Å²) in [4.78, 5) is 11.9. The number of halogens is 2. The molecule has 1 aromatic carbocycles. The summed E-state index contributed by atoms with van der Waals surface area (Å²) in [5.74, 6) is -0.801. The number of hydrogen-bond acceptors (Lipinski definition) is 4. The Hall–Kier alpha value is -1.99. The molecule has 1 heterocycles. The second-order valence-electron chi connectivity index (χ2n) is 4.19. The normalized spacial score (nSPS) is 12.2. The van der Waals surface area contributed by atoms with E-state index in [0.717, 1.165) is 6.07 Å². The number of aliphatic hydroxyl groups excluding tert-OH is 1. The number of aliphatic hydroxyl groups is 1. The summed E-state index contributed by atoms with van der Waals surface area (Å²) in [5, 5.41) is 19.9. The van der Waals surface area contributed by atoms with Crippen LogP contribution in [0, 0.1) is 12.7 Å². The van der Waals surface area contributed by atoms with Gasteiger partial charge in [0.2, 0.25) is 5.95 Å². The topological polar surface area (TPSA) is 80.0 Å². The Bertz CT molecular complexity index is 659. The molecule has 0 bridgehead atoms. The van der Waals surface area contributed by atoms with E-state index < -0.39 is 17.8 Å². The molecule has 0 fully saturated rings. The number of nitrogens with one attached hydrogen (secondary N) is 1. The lowest BCUT2D eigenvalue weighted by Gasteiger charge is -2.12. The molecule has 0 aliphatic carbocycles. The van der Waals surface area contributed by atoms with E-state index in [1.807, 2.05) is 0 Å². The van der Waals surface area contributed by atoms with Crippen LogP contribution in [0.15, 0.2) is 18.2 Å². The number of nitrogens with zero attached hydrogens (tertiary/aromatic N) is 3. The number of anilines is 1. The van der Waals surface area contributed by atoms with Crippen LogP contribution in [0.5, 0.6) is 0 Å². The van der Waals surface area contributed by atoms with Gasteiger partial charge in [0.25, 0.3) is 5.91 Å². The quantitative estimate of drug-likeness (QED) is 0.902. The Morgan fingerprint density at radius 2 is 2.20 bits per heavy atom. The molecule has 8 heteroatoms. The van der Waals surface area contributed by atoms with Crippen molar-refractivity contribution in [2.24, 2.45) is 7.05 Å². The van der Waals surface area contributed by atoms with Crippen molar-refractivity contribution in [2.75, 3.05) is 5.32 Å². The summed E-state index contributed by atoms with van der Waals surface area (Å²) in [6.07, 6.45) is -1.66. The highest BCUT2D eigenvalue weighted by Crippen LogP contribution is 2.21. The van der Waals surface area contributed by atoms with Crippen molar-refractivity contribution in [3.63, 3.8) is 0 Å². The van der Waals surface area contributed by atoms with Crippen molar-refractivity contribution in [3.8, 4) is 0 Å². The fraction of sp³-hybridized carbons (Fsp3) is 0.250. The minimum atomic E-state index is -1.66. The Balaban J connectivity index is 2.18. The molecule has 0 saturated carbocycles. The Labute approximate surface area is 119 Å². The number of carbonyl (C=O) groups is 1. The minimum absolute atomic E-state index is 0.161. The Morgan fingerprint density at radius 3 is 2.75 bits per heavy atom. The van der Waals surface area contributed by atoms with Gasteiger partial charge >= 0.3 is 0 Å². The lowest BCUT2D eigenvalue weighted by Crippen LogP contribution is -2.23. The van der Waals surface area contributed by atoms with Crippen LogP contribution < -0.4 is 5.32 Å². The average molecular weight is 299 g/mol. The molecule has 1 unspecified atom stereocenters. The molecule has 2 aromatic rings. The van der Waals surface area contributed by atoms with Gasteiger partial charge in [0, 0.05) is 17.6 Å². The van der Waals surface area contributed by atoms with E-state index >= 15 is 0 Å². The third-order valence-electron chi connectivity index (χ3n) is 2.83. The van der Waals surface area contributed by atoms with E-state index in [-0.39, 0.29) is 16.5 Å². The number of aryl methyl sites for hydroxylation is 1. The smallest absolute Gasteiger partial charge is 0.260 e. The summed E-state index contributed by atoms with van der Waals surface area (Å²) in [6, 6.07) is 3.67. The van der Waals surface area contributed by atoms with Crippen molar-refractivity contribution in [1.82, 2.24) is 14.8 Å². The summed E-state index contributed by atoms with van der Waals surface area (Å²) in [6.45, 7) is 1.71. The molecular weight excluding hydrogens is 287 g/mol. The van der Waals surface area contributed by atoms with E-state index in [2.05, 4.69) is 15.5 Å². The largest absolute Gasteiger partial charge is 0.378 e. The zero-order valence-electron chi connectivity index (χ0n) is 10.8. The number of hydrogen-bond donors (Lipinski definition) is 2. The van der Waals surface area contributed by atoms with Gasteiger partial charge < -0.3 is 9.67 Å². The minimum Gasteiger partial charge on any atom is -0.378 e. The van der Waals surface area contributed by atoms with Crippen molar-refractivity contribution in [3.05, 3.63) is 40.4 Å². The second kappa shape index (κ2) is 5.56. The van der Waals surface area contributed by atoms with Crippen LogP contribution in [0.2, 0.25) is 5.02 Å². The number of rotatable bonds is 3. The van der Waals surface area contributed by atoms with Crippen LogP contribution in [-0.2, 0) is 11.8 Å². The highest BCUT2D eigenvalue weighted by atomic mass is 35.5. The molecule has 2 rings (SSSR count). The van der Waals surface area contributed by atoms with E-state index in [4.69, 9.17) is 11.6 Å². The highest BCUT2D eigenvalue weighted by molar-refractivity contribution is 6.30. The summed E-state index contributed by atoms with van der Waals surface area (Å²) in [7, 11) is 1.65. The van der Waals surface area contributed by atoms with E-state index in [1.165, 1.54) is 16.7 Å². The first kappa shape index (κ1) is 14.4. The maximum atomic E-state index is 13.6. The monoisotopic (exact) mass is 298 g/mol. The fourth-order valence-corrected chi connectivity index (χ4v) is 1.72. The Morgan fingerprint density at radius 1 is 1.50 bits per heavy atom. The number of aromatic nitrogens is 3. The summed E-state index contributed by atoms with van der Waals surface area (Å²) >= 11 is 5.61. The molecule has 0 saturated heterocycles. The van der Waals surface area contributed by atoms with Gasteiger partial charge in [-0.2, -0.15) is 0 Å². The maximum absolute atomic E-state index is 13.6. The van der Waals surface area contributed by atoms with E-state index in [0.29, 0.717) is 5.82 Å². The van der Waals surface area contributed by atoms with Gasteiger partial charge in [0.05, 0.1) is 0 Å². The molecule has 1 amide bonds. The second-order valence-corrected chi connectivity index (χ2v) is 4.62. The SMILES string of the molecule is Cc1nnc(NC(=O)C(O)c2ccc(Cl)cc2F)n1C. The average Bonchev–Trinajstić information content (AvgIpc) is 2.70. The van der Waals surface area contributed by atoms with Gasteiger partial charge in [-0.15, -0.1) is 10.2 Å². The third kappa shape index (κ3) is 2.78. The number of benzene rings is 1. The number of carbonyl (C=O) groups excluding carboxylic acids is 1. The lowest BCUT2D eigenvalue weighted by molar-refractivity contribution is -0.124. The molecular formula is C12H12ClFN4O2. The predicted molar refractivity (Wildman–Crippen MR) is 70.7 cm³/mol. The molecule has 0 spiro atoms. The first-order valence-corrected chi connectivity index (χ1v) is 6.08. The van der Waals surface area contributed by atoms with Gasteiger partial charge in [-0.1, -0.05) is 17.7 Å². The highest BCUT2D eigenvalue weighted by Gasteiger charge is 2.22. The molecule has 1 aromatic heterocycles. The van der Waals surface area contributed by atoms with E-state index in [1.54, 1.807) is 14.0 Å². The molecule has 0 aliphatic rings. The van der Waals surface area contributed by atoms with Crippen molar-refractivity contribution in [2.45, 2.75) is 13.0 Å². The van der Waals surface area contributed by atoms with Gasteiger partial charge in [-0.05, 0) is 19.1 Å². The van der Waals surface area contributed by atoms with Crippen LogP contribution >= 0.6 is 11.6 Å². The predicted octanol–water partition coefficient (Wildman–Crippen LogP) is 1.59. The molecule has 0 aliphatic heterocycles. The molecule has 6 nitrogen and oxygen atoms in total. The molecule has 20 heavy (non-hydrogen) atoms. The summed E-state index contributed by atoms with van der Waals surface area (Å²) in [5.41, 5.74) is -0.161. The standard InChI is InChI=1S/C12H12ClFN4O2/c1-6-16-17-12(18(6)2)15-11(20)10(19)8-4-3-7(13)5-9(8)14/h3-5,10,19H,1-2H3,(H,15,17,20). The first-order chi connectivity index (χ1) is 9.40. The van der Waals surface area contributed by atoms with Crippen LogP contribution in [0.3, 0.4) is 0 Å². The zero-order chi connectivity index (χ0) is 14.9. The van der Waals surface area contributed by atoms with Crippen molar-refractivity contribution < 1.29 is 14.3 Å². The first-order valence-electron chi connectivity index (χ1n) is 5.70. The fourth-order valence-electron chi connectivity index (χ4n) is 1.56. The van der Waals surface area contributed by atoms with Gasteiger partial charge in [-0.25, -0.2) is 4.39 Å². The van der Waals surface area contributed by atoms with Crippen molar-refractivity contribution in [1.29, 1.82) is 0 Å². The van der Waals surface area contributed by atoms with Gasteiger partial charge in [0.15, 0.2) is 6.10 Å². The van der Waals surface area contributed by atoms with Crippen LogP contribution in [0.1, 0.15) is 17.5 Å². The van der Waals surface area contributed by atoms with Crippen LogP contribution in [0.4, 0.5) is 10.3 Å². The van der Waals surface area contributed by atoms with Gasteiger partial charge in [0.1, 0.15) is 11.6 Å². The summed E-state index contributed by atoms with van der Waals surface area (Å²) < 4.78 is 15.2.